The number of aromatic nitrogens is 1. The van der Waals surface area contributed by atoms with Gasteiger partial charge in [0.1, 0.15) is 5.76 Å². The van der Waals surface area contributed by atoms with E-state index in [2.05, 4.69) is 15.6 Å². The number of hydrazine groups is 1. The predicted molar refractivity (Wildman–Crippen MR) is 139 cm³/mol. The van der Waals surface area contributed by atoms with Gasteiger partial charge in [0.2, 0.25) is 10.0 Å². The fraction of sp³-hybridized carbons (Fsp3) is 0.111. The fourth-order valence-electron chi connectivity index (χ4n) is 3.79. The SMILES string of the molecule is Cc1cc(C(=O)NNC(=O)/C=C/c2ccc(S(=O)(=O)NCc3ccco3)cc2)c(C)n1-c1ccccc1. The lowest BCUT2D eigenvalue weighted by Gasteiger charge is -2.10. The molecule has 0 aliphatic rings. The van der Waals surface area contributed by atoms with Gasteiger partial charge in [0.25, 0.3) is 11.8 Å². The number of aryl methyl sites for hydroxylation is 1. The second-order valence-corrected chi connectivity index (χ2v) is 9.97. The zero-order valence-corrected chi connectivity index (χ0v) is 21.1. The third-order valence-corrected chi connectivity index (χ3v) is 7.04. The topological polar surface area (TPSA) is 122 Å². The number of carbonyl (C=O) groups is 2. The number of para-hydroxylation sites is 1. The number of nitrogens with one attached hydrogen (secondary N) is 3. The van der Waals surface area contributed by atoms with E-state index in [0.717, 1.165) is 17.1 Å². The van der Waals surface area contributed by atoms with Crippen LogP contribution in [0.3, 0.4) is 0 Å². The lowest BCUT2D eigenvalue weighted by atomic mass is 10.2. The van der Waals surface area contributed by atoms with Crippen LogP contribution in [-0.4, -0.2) is 24.8 Å². The molecule has 2 aromatic heterocycles. The molecule has 4 aromatic rings. The fourth-order valence-corrected chi connectivity index (χ4v) is 4.78. The van der Waals surface area contributed by atoms with Gasteiger partial charge in [-0.2, -0.15) is 0 Å². The molecule has 2 heterocycles. The van der Waals surface area contributed by atoms with Crippen molar-refractivity contribution < 1.29 is 22.4 Å². The normalized spacial score (nSPS) is 11.5. The van der Waals surface area contributed by atoms with Gasteiger partial charge in [-0.3, -0.25) is 20.4 Å². The van der Waals surface area contributed by atoms with E-state index in [4.69, 9.17) is 4.42 Å². The van der Waals surface area contributed by atoms with Crippen molar-refractivity contribution in [2.45, 2.75) is 25.3 Å². The third-order valence-electron chi connectivity index (χ3n) is 5.62. The highest BCUT2D eigenvalue weighted by molar-refractivity contribution is 7.89. The molecule has 2 aromatic carbocycles. The number of sulfonamides is 1. The Bertz CT molecular complexity index is 1520. The van der Waals surface area contributed by atoms with Crippen LogP contribution in [0.25, 0.3) is 11.8 Å². The van der Waals surface area contributed by atoms with Crippen LogP contribution >= 0.6 is 0 Å². The minimum Gasteiger partial charge on any atom is -0.468 e. The maximum atomic E-state index is 12.7. The van der Waals surface area contributed by atoms with Gasteiger partial charge in [-0.15, -0.1) is 0 Å². The third kappa shape index (κ3) is 6.24. The average Bonchev–Trinajstić information content (AvgIpc) is 3.53. The van der Waals surface area contributed by atoms with Gasteiger partial charge in [-0.25, -0.2) is 13.1 Å². The van der Waals surface area contributed by atoms with Gasteiger partial charge in [-0.05, 0) is 68.0 Å². The minimum absolute atomic E-state index is 0.0406. The summed E-state index contributed by atoms with van der Waals surface area (Å²) in [6.07, 6.45) is 4.22. The Morgan fingerprint density at radius 3 is 2.35 bits per heavy atom. The van der Waals surface area contributed by atoms with Crippen molar-refractivity contribution in [3.8, 4) is 5.69 Å². The highest BCUT2D eigenvalue weighted by atomic mass is 32.2. The molecule has 0 spiro atoms. The maximum Gasteiger partial charge on any atom is 0.271 e. The van der Waals surface area contributed by atoms with Crippen molar-refractivity contribution in [3.63, 3.8) is 0 Å². The molecular formula is C27H26N4O5S. The molecule has 190 valence electrons. The molecule has 0 radical (unpaired) electrons. The van der Waals surface area contributed by atoms with Crippen LogP contribution in [0, 0.1) is 13.8 Å². The van der Waals surface area contributed by atoms with E-state index >= 15 is 0 Å². The second-order valence-electron chi connectivity index (χ2n) is 8.21. The largest absolute Gasteiger partial charge is 0.468 e. The van der Waals surface area contributed by atoms with Crippen LogP contribution in [0.1, 0.15) is 33.1 Å². The van der Waals surface area contributed by atoms with Gasteiger partial charge < -0.3 is 8.98 Å². The Labute approximate surface area is 214 Å². The lowest BCUT2D eigenvalue weighted by Crippen LogP contribution is -2.40. The van der Waals surface area contributed by atoms with Crippen molar-refractivity contribution in [1.82, 2.24) is 20.1 Å². The van der Waals surface area contributed by atoms with E-state index in [1.54, 1.807) is 30.3 Å². The Morgan fingerprint density at radius 2 is 1.68 bits per heavy atom. The molecule has 37 heavy (non-hydrogen) atoms. The smallest absolute Gasteiger partial charge is 0.271 e. The molecule has 0 bridgehead atoms. The molecule has 0 saturated heterocycles. The number of rotatable bonds is 8. The van der Waals surface area contributed by atoms with E-state index in [0.29, 0.717) is 16.9 Å². The van der Waals surface area contributed by atoms with E-state index in [9.17, 15) is 18.0 Å². The van der Waals surface area contributed by atoms with Gasteiger partial charge in [0, 0.05) is 23.2 Å². The summed E-state index contributed by atoms with van der Waals surface area (Å²) in [4.78, 5) is 25.0. The molecule has 0 saturated carbocycles. The molecule has 0 atom stereocenters. The van der Waals surface area contributed by atoms with Crippen LogP contribution in [0.4, 0.5) is 0 Å². The summed E-state index contributed by atoms with van der Waals surface area (Å²) < 4.78 is 34.4. The quantitative estimate of drug-likeness (QED) is 0.243. The predicted octanol–water partition coefficient (Wildman–Crippen LogP) is 3.64. The molecule has 10 heteroatoms. The maximum absolute atomic E-state index is 12.7. The standard InChI is InChI=1S/C27H26N4O5S/c1-19-17-25(20(2)31(19)22-7-4-3-5-8-22)27(33)30-29-26(32)15-12-21-10-13-24(14-11-21)37(34,35)28-18-23-9-6-16-36-23/h3-17,28H,18H2,1-2H3,(H,29,32)(H,30,33)/b15-12+. The number of nitrogens with zero attached hydrogens (tertiary/aromatic N) is 1. The van der Waals surface area contributed by atoms with E-state index in [1.165, 1.54) is 30.5 Å². The summed E-state index contributed by atoms with van der Waals surface area (Å²) in [6.45, 7) is 3.79. The van der Waals surface area contributed by atoms with Crippen molar-refractivity contribution in [1.29, 1.82) is 0 Å². The van der Waals surface area contributed by atoms with E-state index < -0.39 is 21.8 Å². The first-order chi connectivity index (χ1) is 17.7. The average molecular weight is 519 g/mol. The second kappa shape index (κ2) is 11.1. The summed E-state index contributed by atoms with van der Waals surface area (Å²) in [7, 11) is -3.71. The van der Waals surface area contributed by atoms with Crippen LogP contribution < -0.4 is 15.6 Å². The number of carbonyl (C=O) groups excluding carboxylic acids is 2. The molecule has 0 unspecified atom stereocenters. The number of amides is 2. The number of benzene rings is 2. The molecular weight excluding hydrogens is 492 g/mol. The zero-order valence-electron chi connectivity index (χ0n) is 20.3. The van der Waals surface area contributed by atoms with Gasteiger partial charge in [-0.1, -0.05) is 30.3 Å². The van der Waals surface area contributed by atoms with Crippen molar-refractivity contribution in [3.05, 3.63) is 113 Å². The number of hydrogen-bond acceptors (Lipinski definition) is 5. The Hall–Kier alpha value is -4.41. The Balaban J connectivity index is 1.32. The molecule has 9 nitrogen and oxygen atoms in total. The highest BCUT2D eigenvalue weighted by Crippen LogP contribution is 2.20. The van der Waals surface area contributed by atoms with Crippen LogP contribution in [-0.2, 0) is 21.4 Å². The zero-order chi connectivity index (χ0) is 26.4. The molecule has 0 aliphatic carbocycles. The van der Waals surface area contributed by atoms with Gasteiger partial charge >= 0.3 is 0 Å². The molecule has 2 amide bonds. The summed E-state index contributed by atoms with van der Waals surface area (Å²) in [5, 5.41) is 0. The first-order valence-electron chi connectivity index (χ1n) is 11.4. The van der Waals surface area contributed by atoms with E-state index in [-0.39, 0.29) is 11.4 Å². The monoisotopic (exact) mass is 518 g/mol. The van der Waals surface area contributed by atoms with Crippen molar-refractivity contribution in [2.75, 3.05) is 0 Å². The van der Waals surface area contributed by atoms with E-state index in [1.807, 2.05) is 48.7 Å². The lowest BCUT2D eigenvalue weighted by molar-refractivity contribution is -0.117. The molecule has 0 aliphatic heterocycles. The summed E-state index contributed by atoms with van der Waals surface area (Å²) in [5.74, 6) is -0.476. The molecule has 0 fully saturated rings. The first-order valence-corrected chi connectivity index (χ1v) is 12.9. The summed E-state index contributed by atoms with van der Waals surface area (Å²) >= 11 is 0. The number of furan rings is 1. The van der Waals surface area contributed by atoms with Crippen molar-refractivity contribution in [2.24, 2.45) is 0 Å². The first kappa shape index (κ1) is 25.7. The number of hydrogen-bond donors (Lipinski definition) is 3. The summed E-state index contributed by atoms with van der Waals surface area (Å²) in [6, 6.07) is 20.8. The summed E-state index contributed by atoms with van der Waals surface area (Å²) in [5.41, 5.74) is 8.42. The van der Waals surface area contributed by atoms with Crippen molar-refractivity contribution >= 4 is 27.9 Å². The minimum atomic E-state index is -3.71. The Kier molecular flexibility index (Phi) is 7.71. The highest BCUT2D eigenvalue weighted by Gasteiger charge is 2.17. The van der Waals surface area contributed by atoms with Gasteiger partial charge in [0.15, 0.2) is 0 Å². The van der Waals surface area contributed by atoms with Crippen LogP contribution in [0.15, 0.2) is 94.4 Å². The molecule has 3 N–H and O–H groups in total. The van der Waals surface area contributed by atoms with Gasteiger partial charge in [0.05, 0.1) is 23.3 Å². The van der Waals surface area contributed by atoms with Crippen LogP contribution in [0.5, 0.6) is 0 Å². The van der Waals surface area contributed by atoms with Crippen LogP contribution in [0.2, 0.25) is 0 Å². The Morgan fingerprint density at radius 1 is 0.946 bits per heavy atom. The molecule has 4 rings (SSSR count).